The van der Waals surface area contributed by atoms with Gasteiger partial charge < -0.3 is 25.3 Å². The van der Waals surface area contributed by atoms with Gasteiger partial charge in [0.15, 0.2) is 5.76 Å². The maximum Gasteiger partial charge on any atom is 0.317 e. The second kappa shape index (κ2) is 9.68. The average molecular weight is 425 g/mol. The van der Waals surface area contributed by atoms with Gasteiger partial charge in [-0.2, -0.15) is 0 Å². The summed E-state index contributed by atoms with van der Waals surface area (Å²) in [6.07, 6.45) is 5.52. The Morgan fingerprint density at radius 2 is 1.84 bits per heavy atom. The molecule has 1 unspecified atom stereocenters. The molecule has 3 N–H and O–H groups in total. The quantitative estimate of drug-likeness (QED) is 0.636. The van der Waals surface area contributed by atoms with Crippen molar-refractivity contribution in [1.29, 1.82) is 0 Å². The van der Waals surface area contributed by atoms with Crippen molar-refractivity contribution in [2.45, 2.75) is 32.2 Å². The number of furan rings is 1. The number of likely N-dealkylation sites (tertiary alicyclic amines) is 1. The fraction of sp³-hybridized carbons (Fsp3) is 0.435. The maximum atomic E-state index is 12.6. The van der Waals surface area contributed by atoms with Crippen LogP contribution >= 0.6 is 0 Å². The lowest BCUT2D eigenvalue weighted by molar-refractivity contribution is -0.126. The van der Waals surface area contributed by atoms with Gasteiger partial charge in [-0.1, -0.05) is 12.1 Å². The lowest BCUT2D eigenvalue weighted by Crippen LogP contribution is -2.48. The molecule has 0 spiro atoms. The molecule has 1 aliphatic heterocycles. The Hall–Kier alpha value is -3.29. The molecule has 164 valence electrons. The number of nitrogens with zero attached hydrogens (tertiary/aromatic N) is 1. The molecule has 1 aromatic heterocycles. The predicted molar refractivity (Wildman–Crippen MR) is 115 cm³/mol. The summed E-state index contributed by atoms with van der Waals surface area (Å²) in [5, 5.41) is 8.71. The van der Waals surface area contributed by atoms with Crippen LogP contribution in [0.2, 0.25) is 0 Å². The average Bonchev–Trinajstić information content (AvgIpc) is 3.46. The lowest BCUT2D eigenvalue weighted by Gasteiger charge is -2.32. The summed E-state index contributed by atoms with van der Waals surface area (Å²) in [6.45, 7) is 2.26. The first-order chi connectivity index (χ1) is 15.1. The number of anilines is 1. The van der Waals surface area contributed by atoms with E-state index in [4.69, 9.17) is 4.42 Å². The summed E-state index contributed by atoms with van der Waals surface area (Å²) in [6, 6.07) is 10.4. The Balaban J connectivity index is 1.22. The number of carbonyl (C=O) groups excluding carboxylic acids is 3. The van der Waals surface area contributed by atoms with E-state index >= 15 is 0 Å². The topological polar surface area (TPSA) is 104 Å². The van der Waals surface area contributed by atoms with Gasteiger partial charge in [0.2, 0.25) is 5.91 Å². The molecule has 2 fully saturated rings. The smallest absolute Gasteiger partial charge is 0.317 e. The molecule has 8 heteroatoms. The van der Waals surface area contributed by atoms with E-state index in [1.807, 2.05) is 12.1 Å². The van der Waals surface area contributed by atoms with E-state index in [1.54, 1.807) is 29.2 Å². The number of nitrogens with one attached hydrogen (secondary N) is 3. The SMILES string of the molecule is O=C(Nc1ccc(CNC(=O)N2CCCC(C(=O)NCC3CC3)C2)cc1)c1ccco1. The van der Waals surface area contributed by atoms with Gasteiger partial charge in [0.25, 0.3) is 5.91 Å². The first kappa shape index (κ1) is 21.0. The Morgan fingerprint density at radius 1 is 1.03 bits per heavy atom. The number of benzene rings is 1. The molecule has 31 heavy (non-hydrogen) atoms. The van der Waals surface area contributed by atoms with Gasteiger partial charge in [0, 0.05) is 31.9 Å². The molecule has 1 aromatic carbocycles. The van der Waals surface area contributed by atoms with Crippen LogP contribution in [-0.2, 0) is 11.3 Å². The maximum absolute atomic E-state index is 12.6. The van der Waals surface area contributed by atoms with Crippen LogP contribution in [0.1, 0.15) is 41.8 Å². The second-order valence-electron chi connectivity index (χ2n) is 8.26. The van der Waals surface area contributed by atoms with Crippen molar-refractivity contribution in [3.05, 3.63) is 54.0 Å². The molecule has 4 rings (SSSR count). The number of carbonyl (C=O) groups is 3. The third-order valence-corrected chi connectivity index (χ3v) is 5.74. The third-order valence-electron chi connectivity index (χ3n) is 5.74. The van der Waals surface area contributed by atoms with Crippen LogP contribution in [0.25, 0.3) is 0 Å². The zero-order valence-corrected chi connectivity index (χ0v) is 17.4. The minimum Gasteiger partial charge on any atom is -0.459 e. The molecule has 1 atom stereocenters. The first-order valence-electron chi connectivity index (χ1n) is 10.8. The Labute approximate surface area is 181 Å². The van der Waals surface area contributed by atoms with Crippen molar-refractivity contribution in [1.82, 2.24) is 15.5 Å². The van der Waals surface area contributed by atoms with Crippen molar-refractivity contribution in [3.8, 4) is 0 Å². The normalized spacial score (nSPS) is 18.3. The predicted octanol–water partition coefficient (Wildman–Crippen LogP) is 2.98. The van der Waals surface area contributed by atoms with Crippen molar-refractivity contribution >= 4 is 23.5 Å². The number of piperidine rings is 1. The third kappa shape index (κ3) is 5.87. The van der Waals surface area contributed by atoms with Crippen LogP contribution < -0.4 is 16.0 Å². The highest BCUT2D eigenvalue weighted by Gasteiger charge is 2.29. The van der Waals surface area contributed by atoms with Crippen LogP contribution in [-0.4, -0.2) is 42.4 Å². The number of urea groups is 1. The summed E-state index contributed by atoms with van der Waals surface area (Å²) in [7, 11) is 0. The minimum atomic E-state index is -0.313. The number of rotatable bonds is 7. The fourth-order valence-corrected chi connectivity index (χ4v) is 3.68. The van der Waals surface area contributed by atoms with Crippen molar-refractivity contribution in [2.75, 3.05) is 25.0 Å². The standard InChI is InChI=1S/C23H28N4O4/c28-21(24-13-16-5-6-16)18-3-1-11-27(15-18)23(30)25-14-17-7-9-19(10-8-17)26-22(29)20-4-2-12-31-20/h2,4,7-10,12,16,18H,1,3,5-6,11,13-15H2,(H,24,28)(H,25,30)(H,26,29). The monoisotopic (exact) mass is 424 g/mol. The van der Waals surface area contributed by atoms with Gasteiger partial charge in [0.05, 0.1) is 12.2 Å². The van der Waals surface area contributed by atoms with E-state index in [2.05, 4.69) is 16.0 Å². The largest absolute Gasteiger partial charge is 0.459 e. The zero-order valence-electron chi connectivity index (χ0n) is 17.4. The Bertz CT molecular complexity index is 906. The highest BCUT2D eigenvalue weighted by Crippen LogP contribution is 2.28. The van der Waals surface area contributed by atoms with Crippen molar-refractivity contribution < 1.29 is 18.8 Å². The number of hydrogen-bond acceptors (Lipinski definition) is 4. The molecule has 0 radical (unpaired) electrons. The van der Waals surface area contributed by atoms with E-state index in [9.17, 15) is 14.4 Å². The van der Waals surface area contributed by atoms with E-state index in [1.165, 1.54) is 19.1 Å². The van der Waals surface area contributed by atoms with Gasteiger partial charge in [0.1, 0.15) is 0 Å². The molecule has 1 aliphatic carbocycles. The lowest BCUT2D eigenvalue weighted by atomic mass is 9.97. The summed E-state index contributed by atoms with van der Waals surface area (Å²) in [5.41, 5.74) is 1.56. The van der Waals surface area contributed by atoms with Gasteiger partial charge in [-0.3, -0.25) is 9.59 Å². The fourth-order valence-electron chi connectivity index (χ4n) is 3.68. The molecule has 0 bridgehead atoms. The van der Waals surface area contributed by atoms with Gasteiger partial charge in [-0.15, -0.1) is 0 Å². The summed E-state index contributed by atoms with van der Waals surface area (Å²) in [4.78, 5) is 38.7. The van der Waals surface area contributed by atoms with E-state index in [-0.39, 0.29) is 29.5 Å². The first-order valence-corrected chi connectivity index (χ1v) is 10.8. The Kier molecular flexibility index (Phi) is 6.54. The van der Waals surface area contributed by atoms with Crippen LogP contribution in [0.4, 0.5) is 10.5 Å². The van der Waals surface area contributed by atoms with Crippen LogP contribution in [0.3, 0.4) is 0 Å². The van der Waals surface area contributed by atoms with Crippen molar-refractivity contribution in [2.24, 2.45) is 11.8 Å². The van der Waals surface area contributed by atoms with Crippen LogP contribution in [0, 0.1) is 11.8 Å². The molecule has 1 saturated carbocycles. The van der Waals surface area contributed by atoms with Gasteiger partial charge in [-0.05, 0) is 61.4 Å². The molecular formula is C23H28N4O4. The molecule has 8 nitrogen and oxygen atoms in total. The number of amides is 4. The van der Waals surface area contributed by atoms with Gasteiger partial charge >= 0.3 is 6.03 Å². The minimum absolute atomic E-state index is 0.0663. The van der Waals surface area contributed by atoms with Crippen LogP contribution in [0.15, 0.2) is 47.1 Å². The van der Waals surface area contributed by atoms with E-state index < -0.39 is 0 Å². The van der Waals surface area contributed by atoms with Crippen LogP contribution in [0.5, 0.6) is 0 Å². The summed E-state index contributed by atoms with van der Waals surface area (Å²) in [5.74, 6) is 0.521. The zero-order chi connectivity index (χ0) is 21.6. The second-order valence-corrected chi connectivity index (χ2v) is 8.26. The van der Waals surface area contributed by atoms with E-state index in [0.29, 0.717) is 31.2 Å². The highest BCUT2D eigenvalue weighted by molar-refractivity contribution is 6.02. The highest BCUT2D eigenvalue weighted by atomic mass is 16.3. The van der Waals surface area contributed by atoms with Crippen molar-refractivity contribution in [3.63, 3.8) is 0 Å². The molecule has 2 aromatic rings. The Morgan fingerprint density at radius 3 is 2.55 bits per heavy atom. The number of hydrogen-bond donors (Lipinski definition) is 3. The molecular weight excluding hydrogens is 396 g/mol. The summed E-state index contributed by atoms with van der Waals surface area (Å²) < 4.78 is 5.07. The van der Waals surface area contributed by atoms with Gasteiger partial charge in [-0.25, -0.2) is 4.79 Å². The van der Waals surface area contributed by atoms with E-state index in [0.717, 1.165) is 24.9 Å². The summed E-state index contributed by atoms with van der Waals surface area (Å²) >= 11 is 0. The molecule has 1 saturated heterocycles. The molecule has 2 heterocycles. The molecule has 2 aliphatic rings. The molecule has 4 amide bonds.